The molecule has 0 saturated heterocycles. The highest BCUT2D eigenvalue weighted by molar-refractivity contribution is 5.95. The van der Waals surface area contributed by atoms with Crippen LogP contribution in [0.2, 0.25) is 0 Å². The summed E-state index contributed by atoms with van der Waals surface area (Å²) in [6.07, 6.45) is 0.751. The van der Waals surface area contributed by atoms with E-state index in [9.17, 15) is 19.3 Å². The lowest BCUT2D eigenvalue weighted by atomic mass is 9.94. The number of nitriles is 1. The van der Waals surface area contributed by atoms with Gasteiger partial charge in [0.15, 0.2) is 0 Å². The number of carbonyl (C=O) groups is 1. The van der Waals surface area contributed by atoms with Gasteiger partial charge in [0, 0.05) is 6.07 Å². The normalized spacial score (nSPS) is 10.7. The molecule has 20 heavy (non-hydrogen) atoms. The summed E-state index contributed by atoms with van der Waals surface area (Å²) in [6, 6.07) is 4.77. The summed E-state index contributed by atoms with van der Waals surface area (Å²) in [5.74, 6) is -1.75. The molecule has 0 aliphatic rings. The monoisotopic (exact) mass is 279 g/mol. The van der Waals surface area contributed by atoms with Crippen molar-refractivity contribution in [3.8, 4) is 6.07 Å². The fourth-order valence-corrected chi connectivity index (χ4v) is 1.70. The summed E-state index contributed by atoms with van der Waals surface area (Å²) >= 11 is 0. The first-order chi connectivity index (χ1) is 9.39. The number of hydrogen-bond donors (Lipinski definition) is 1. The number of nitro benzene ring substituents is 1. The fourth-order valence-electron chi connectivity index (χ4n) is 1.70. The minimum Gasteiger partial charge on any atom is -0.334 e. The zero-order valence-electron chi connectivity index (χ0n) is 11.1. The van der Waals surface area contributed by atoms with Crippen LogP contribution in [0.15, 0.2) is 18.2 Å². The van der Waals surface area contributed by atoms with Gasteiger partial charge < -0.3 is 5.32 Å². The van der Waals surface area contributed by atoms with E-state index >= 15 is 0 Å². The molecule has 0 aliphatic heterocycles. The molecule has 0 unspecified atom stereocenters. The van der Waals surface area contributed by atoms with Crippen LogP contribution in [0.25, 0.3) is 0 Å². The van der Waals surface area contributed by atoms with E-state index in [0.717, 1.165) is 12.1 Å². The average Bonchev–Trinajstić information content (AvgIpc) is 2.44. The van der Waals surface area contributed by atoms with Crippen molar-refractivity contribution in [1.29, 1.82) is 5.26 Å². The van der Waals surface area contributed by atoms with Crippen LogP contribution in [0.5, 0.6) is 0 Å². The molecule has 0 bridgehead atoms. The number of nitrogens with zero attached hydrogens (tertiary/aromatic N) is 2. The van der Waals surface area contributed by atoms with E-state index in [0.29, 0.717) is 18.9 Å². The van der Waals surface area contributed by atoms with Gasteiger partial charge in [-0.15, -0.1) is 0 Å². The number of rotatable bonds is 5. The first-order valence-electron chi connectivity index (χ1n) is 6.06. The van der Waals surface area contributed by atoms with E-state index in [1.165, 1.54) is 0 Å². The van der Waals surface area contributed by atoms with Crippen molar-refractivity contribution in [2.75, 3.05) is 0 Å². The first kappa shape index (κ1) is 15.6. The topological polar surface area (TPSA) is 96.0 Å². The van der Waals surface area contributed by atoms with Gasteiger partial charge >= 0.3 is 0 Å². The van der Waals surface area contributed by atoms with Crippen molar-refractivity contribution in [1.82, 2.24) is 5.32 Å². The molecule has 0 aliphatic carbocycles. The third-order valence-electron chi connectivity index (χ3n) is 3.18. The molecule has 1 aromatic rings. The molecule has 0 saturated carbocycles. The maximum Gasteiger partial charge on any atom is 0.272 e. The number of amides is 1. The molecule has 106 valence electrons. The molecular weight excluding hydrogens is 265 g/mol. The van der Waals surface area contributed by atoms with E-state index < -0.39 is 27.9 Å². The molecule has 0 atom stereocenters. The Morgan fingerprint density at radius 3 is 2.50 bits per heavy atom. The molecule has 6 nitrogen and oxygen atoms in total. The van der Waals surface area contributed by atoms with Gasteiger partial charge in [-0.1, -0.05) is 13.8 Å². The van der Waals surface area contributed by atoms with Gasteiger partial charge in [-0.05, 0) is 18.9 Å². The molecule has 7 heteroatoms. The van der Waals surface area contributed by atoms with Gasteiger partial charge in [-0.3, -0.25) is 14.9 Å². The Balaban J connectivity index is 3.05. The molecule has 1 N–H and O–H groups in total. The lowest BCUT2D eigenvalue weighted by Crippen LogP contribution is -2.46. The molecule has 0 heterocycles. The summed E-state index contributed by atoms with van der Waals surface area (Å²) in [5, 5.41) is 22.1. The van der Waals surface area contributed by atoms with Crippen molar-refractivity contribution in [3.63, 3.8) is 0 Å². The maximum absolute atomic E-state index is 13.7. The quantitative estimate of drug-likeness (QED) is 0.661. The van der Waals surface area contributed by atoms with Crippen LogP contribution >= 0.6 is 0 Å². The zero-order chi connectivity index (χ0) is 15.3. The van der Waals surface area contributed by atoms with E-state index in [1.54, 1.807) is 13.8 Å². The number of halogens is 1. The Kier molecular flexibility index (Phi) is 4.75. The van der Waals surface area contributed by atoms with E-state index in [1.807, 2.05) is 6.07 Å². The van der Waals surface area contributed by atoms with Crippen LogP contribution in [0, 0.1) is 27.3 Å². The second kappa shape index (κ2) is 6.10. The highest BCUT2D eigenvalue weighted by Gasteiger charge is 2.29. The second-order valence-electron chi connectivity index (χ2n) is 4.28. The van der Waals surface area contributed by atoms with Gasteiger partial charge in [0.2, 0.25) is 0 Å². The Hall–Kier alpha value is -2.49. The minimum absolute atomic E-state index is 0.322. The standard InChI is InChI=1S/C13H14FN3O3/c1-3-13(4-2,8-15)16-12(18)10-6-5-9(17(19)20)7-11(10)14/h5-7H,3-4H2,1-2H3,(H,16,18). The highest BCUT2D eigenvalue weighted by atomic mass is 19.1. The van der Waals surface area contributed by atoms with Crippen molar-refractivity contribution in [2.24, 2.45) is 0 Å². The second-order valence-corrected chi connectivity index (χ2v) is 4.28. The van der Waals surface area contributed by atoms with E-state index in [-0.39, 0.29) is 5.56 Å². The number of nitro groups is 1. The molecule has 1 amide bonds. The first-order valence-corrected chi connectivity index (χ1v) is 6.06. The number of carbonyl (C=O) groups excluding carboxylic acids is 1. The van der Waals surface area contributed by atoms with Gasteiger partial charge in [0.1, 0.15) is 11.4 Å². The van der Waals surface area contributed by atoms with Crippen LogP contribution in [0.4, 0.5) is 10.1 Å². The summed E-state index contributed by atoms with van der Waals surface area (Å²) in [7, 11) is 0. The van der Waals surface area contributed by atoms with Gasteiger partial charge in [0.05, 0.1) is 22.6 Å². The van der Waals surface area contributed by atoms with Crippen molar-refractivity contribution >= 4 is 11.6 Å². The molecular formula is C13H14FN3O3. The Bertz CT molecular complexity index is 577. The predicted octanol–water partition coefficient (Wildman–Crippen LogP) is 2.55. The summed E-state index contributed by atoms with van der Waals surface area (Å²) < 4.78 is 13.7. The third kappa shape index (κ3) is 3.09. The van der Waals surface area contributed by atoms with E-state index in [4.69, 9.17) is 5.26 Å². The maximum atomic E-state index is 13.7. The zero-order valence-corrected chi connectivity index (χ0v) is 11.1. The molecule has 0 aromatic heterocycles. The van der Waals surface area contributed by atoms with Crippen LogP contribution in [-0.4, -0.2) is 16.4 Å². The smallest absolute Gasteiger partial charge is 0.272 e. The number of benzene rings is 1. The highest BCUT2D eigenvalue weighted by Crippen LogP contribution is 2.19. The van der Waals surface area contributed by atoms with Gasteiger partial charge in [0.25, 0.3) is 11.6 Å². The Morgan fingerprint density at radius 2 is 2.10 bits per heavy atom. The summed E-state index contributed by atoms with van der Waals surface area (Å²) in [5.41, 5.74) is -1.82. The number of hydrogen-bond acceptors (Lipinski definition) is 4. The van der Waals surface area contributed by atoms with Crippen molar-refractivity contribution < 1.29 is 14.1 Å². The third-order valence-corrected chi connectivity index (χ3v) is 3.18. The van der Waals surface area contributed by atoms with Gasteiger partial charge in [-0.25, -0.2) is 4.39 Å². The molecule has 1 rings (SSSR count). The lowest BCUT2D eigenvalue weighted by Gasteiger charge is -2.24. The lowest BCUT2D eigenvalue weighted by molar-refractivity contribution is -0.385. The molecule has 0 fully saturated rings. The fraction of sp³-hybridized carbons (Fsp3) is 0.385. The SMILES string of the molecule is CCC(C#N)(CC)NC(=O)c1ccc([N+](=O)[O-])cc1F. The molecule has 0 spiro atoms. The molecule has 0 radical (unpaired) electrons. The Morgan fingerprint density at radius 1 is 1.50 bits per heavy atom. The molecule has 1 aromatic carbocycles. The van der Waals surface area contributed by atoms with Crippen LogP contribution in [0.1, 0.15) is 37.0 Å². The predicted molar refractivity (Wildman–Crippen MR) is 69.4 cm³/mol. The number of non-ortho nitro benzene ring substituents is 1. The van der Waals surface area contributed by atoms with Gasteiger partial charge in [-0.2, -0.15) is 5.26 Å². The summed E-state index contributed by atoms with van der Waals surface area (Å²) in [6.45, 7) is 3.47. The van der Waals surface area contributed by atoms with Crippen LogP contribution in [-0.2, 0) is 0 Å². The average molecular weight is 279 g/mol. The number of nitrogens with one attached hydrogen (secondary N) is 1. The largest absolute Gasteiger partial charge is 0.334 e. The Labute approximate surface area is 115 Å². The van der Waals surface area contributed by atoms with E-state index in [2.05, 4.69) is 5.32 Å². The van der Waals surface area contributed by atoms with Crippen molar-refractivity contribution in [2.45, 2.75) is 32.2 Å². The van der Waals surface area contributed by atoms with Crippen LogP contribution < -0.4 is 5.32 Å². The summed E-state index contributed by atoms with van der Waals surface area (Å²) in [4.78, 5) is 21.7. The van der Waals surface area contributed by atoms with Crippen LogP contribution in [0.3, 0.4) is 0 Å². The van der Waals surface area contributed by atoms with Crippen molar-refractivity contribution in [3.05, 3.63) is 39.7 Å². The minimum atomic E-state index is -1.06.